The Morgan fingerprint density at radius 3 is 2.45 bits per heavy atom. The normalized spacial score (nSPS) is 13.9. The molecule has 0 saturated heterocycles. The van der Waals surface area contributed by atoms with Crippen molar-refractivity contribution in [3.63, 3.8) is 0 Å². The molecule has 0 unspecified atom stereocenters. The summed E-state index contributed by atoms with van der Waals surface area (Å²) in [7, 11) is 0. The Balaban J connectivity index is 1.89. The molecule has 0 atom stereocenters. The van der Waals surface area contributed by atoms with Gasteiger partial charge in [0.2, 0.25) is 0 Å². The zero-order valence-electron chi connectivity index (χ0n) is 12.2. The maximum absolute atomic E-state index is 6.06. The van der Waals surface area contributed by atoms with Crippen molar-refractivity contribution in [2.75, 3.05) is 5.73 Å². The largest absolute Gasteiger partial charge is 0.457 e. The molecule has 0 bridgehead atoms. The average Bonchev–Trinajstić information content (AvgIpc) is 2.44. The highest BCUT2D eigenvalue weighted by Gasteiger charge is 2.11. The summed E-state index contributed by atoms with van der Waals surface area (Å²) in [6.45, 7) is 4.04. The van der Waals surface area contributed by atoms with Crippen LogP contribution in [0.2, 0.25) is 0 Å². The van der Waals surface area contributed by atoms with Gasteiger partial charge in [0, 0.05) is 5.69 Å². The van der Waals surface area contributed by atoms with Crippen LogP contribution in [0.3, 0.4) is 0 Å². The molecule has 1 aliphatic rings. The second kappa shape index (κ2) is 5.20. The summed E-state index contributed by atoms with van der Waals surface area (Å²) >= 11 is 0. The van der Waals surface area contributed by atoms with Crippen LogP contribution in [-0.2, 0) is 12.8 Å². The lowest BCUT2D eigenvalue weighted by molar-refractivity contribution is 0.476. The quantitative estimate of drug-likeness (QED) is 0.810. The second-order valence-electron chi connectivity index (χ2n) is 5.71. The predicted octanol–water partition coefficient (Wildman–Crippen LogP) is 4.56. The van der Waals surface area contributed by atoms with Crippen LogP contribution in [0, 0.1) is 13.8 Å². The fourth-order valence-corrected chi connectivity index (χ4v) is 2.82. The lowest BCUT2D eigenvalue weighted by Gasteiger charge is -2.17. The first kappa shape index (κ1) is 13.0. The zero-order chi connectivity index (χ0) is 14.1. The van der Waals surface area contributed by atoms with Crippen LogP contribution in [-0.4, -0.2) is 0 Å². The number of fused-ring (bicyclic) bond motifs is 1. The van der Waals surface area contributed by atoms with Gasteiger partial charge in [-0.2, -0.15) is 0 Å². The van der Waals surface area contributed by atoms with E-state index in [2.05, 4.69) is 18.2 Å². The molecule has 3 rings (SSSR count). The van der Waals surface area contributed by atoms with Crippen LogP contribution in [0.5, 0.6) is 11.5 Å². The van der Waals surface area contributed by atoms with Crippen molar-refractivity contribution in [1.29, 1.82) is 0 Å². The van der Waals surface area contributed by atoms with E-state index in [0.717, 1.165) is 28.3 Å². The number of aryl methyl sites for hydroxylation is 4. The van der Waals surface area contributed by atoms with Gasteiger partial charge in [0.05, 0.1) is 0 Å². The van der Waals surface area contributed by atoms with Gasteiger partial charge in [0.15, 0.2) is 0 Å². The first-order chi connectivity index (χ1) is 9.63. The fraction of sp³-hybridized carbons (Fsp3) is 0.333. The van der Waals surface area contributed by atoms with Gasteiger partial charge >= 0.3 is 0 Å². The molecule has 20 heavy (non-hydrogen) atoms. The molecular weight excluding hydrogens is 246 g/mol. The summed E-state index contributed by atoms with van der Waals surface area (Å²) in [6.07, 6.45) is 4.97. The Hall–Kier alpha value is -1.96. The van der Waals surface area contributed by atoms with Gasteiger partial charge in [0.25, 0.3) is 0 Å². The van der Waals surface area contributed by atoms with E-state index in [4.69, 9.17) is 10.5 Å². The molecule has 0 saturated carbocycles. The summed E-state index contributed by atoms with van der Waals surface area (Å²) < 4.78 is 6.06. The van der Waals surface area contributed by atoms with Gasteiger partial charge in [-0.3, -0.25) is 0 Å². The Bertz CT molecular complexity index is 646. The van der Waals surface area contributed by atoms with Crippen LogP contribution in [0.25, 0.3) is 0 Å². The highest BCUT2D eigenvalue weighted by atomic mass is 16.5. The maximum atomic E-state index is 6.06. The van der Waals surface area contributed by atoms with Crippen molar-refractivity contribution >= 4 is 5.69 Å². The molecule has 2 aromatic carbocycles. The average molecular weight is 267 g/mol. The van der Waals surface area contributed by atoms with Gasteiger partial charge in [-0.05, 0) is 86.1 Å². The monoisotopic (exact) mass is 267 g/mol. The molecule has 0 aromatic heterocycles. The van der Waals surface area contributed by atoms with Gasteiger partial charge in [-0.15, -0.1) is 0 Å². The maximum Gasteiger partial charge on any atom is 0.130 e. The Labute approximate surface area is 120 Å². The molecule has 1 aliphatic carbocycles. The third-order valence-electron chi connectivity index (χ3n) is 4.11. The number of rotatable bonds is 2. The van der Waals surface area contributed by atoms with Crippen LogP contribution >= 0.6 is 0 Å². The standard InChI is InChI=1S/C18H21NO/c1-12-10-18(13(2)9-17(12)19)20-16-8-7-14-5-3-4-6-15(14)11-16/h7-11H,3-6,19H2,1-2H3. The molecule has 0 spiro atoms. The lowest BCUT2D eigenvalue weighted by atomic mass is 9.92. The van der Waals surface area contributed by atoms with Gasteiger partial charge in [-0.25, -0.2) is 0 Å². The Morgan fingerprint density at radius 1 is 0.900 bits per heavy atom. The van der Waals surface area contributed by atoms with Crippen molar-refractivity contribution in [2.45, 2.75) is 39.5 Å². The van der Waals surface area contributed by atoms with Crippen molar-refractivity contribution in [3.05, 3.63) is 52.6 Å². The van der Waals surface area contributed by atoms with Gasteiger partial charge in [0.1, 0.15) is 11.5 Å². The molecule has 0 heterocycles. The Morgan fingerprint density at radius 2 is 1.65 bits per heavy atom. The number of nitrogen functional groups attached to an aromatic ring is 1. The number of nitrogens with two attached hydrogens (primary N) is 1. The molecule has 2 heteroatoms. The SMILES string of the molecule is Cc1cc(Oc2ccc3c(c2)CCCC3)c(C)cc1N. The van der Waals surface area contributed by atoms with Crippen molar-refractivity contribution in [1.82, 2.24) is 0 Å². The third kappa shape index (κ3) is 2.51. The van der Waals surface area contributed by atoms with E-state index in [0.29, 0.717) is 0 Å². The number of hydrogen-bond donors (Lipinski definition) is 1. The van der Waals surface area contributed by atoms with E-state index in [-0.39, 0.29) is 0 Å². The molecule has 0 amide bonds. The fourth-order valence-electron chi connectivity index (χ4n) is 2.82. The molecule has 0 fully saturated rings. The lowest BCUT2D eigenvalue weighted by Crippen LogP contribution is -2.02. The number of ether oxygens (including phenoxy) is 1. The number of benzene rings is 2. The molecule has 104 valence electrons. The van der Waals surface area contributed by atoms with Crippen molar-refractivity contribution < 1.29 is 4.74 Å². The van der Waals surface area contributed by atoms with E-state index in [1.807, 2.05) is 26.0 Å². The predicted molar refractivity (Wildman–Crippen MR) is 83.5 cm³/mol. The minimum Gasteiger partial charge on any atom is -0.457 e. The molecular formula is C18H21NO. The van der Waals surface area contributed by atoms with Crippen molar-refractivity contribution in [2.24, 2.45) is 0 Å². The molecule has 0 aliphatic heterocycles. The number of anilines is 1. The van der Waals surface area contributed by atoms with Gasteiger partial charge < -0.3 is 10.5 Å². The van der Waals surface area contributed by atoms with E-state index in [1.165, 1.54) is 36.8 Å². The molecule has 2 N–H and O–H groups in total. The minimum absolute atomic E-state index is 0.820. The smallest absolute Gasteiger partial charge is 0.130 e. The van der Waals surface area contributed by atoms with Crippen molar-refractivity contribution in [3.8, 4) is 11.5 Å². The van der Waals surface area contributed by atoms with E-state index < -0.39 is 0 Å². The number of hydrogen-bond acceptors (Lipinski definition) is 2. The van der Waals surface area contributed by atoms with E-state index >= 15 is 0 Å². The van der Waals surface area contributed by atoms with Crippen LogP contribution in [0.1, 0.15) is 35.1 Å². The highest BCUT2D eigenvalue weighted by molar-refractivity contribution is 5.54. The van der Waals surface area contributed by atoms with Crippen LogP contribution in [0.4, 0.5) is 5.69 Å². The summed E-state index contributed by atoms with van der Waals surface area (Å²) in [6, 6.07) is 10.5. The highest BCUT2D eigenvalue weighted by Crippen LogP contribution is 2.31. The molecule has 2 nitrogen and oxygen atoms in total. The topological polar surface area (TPSA) is 35.2 Å². The minimum atomic E-state index is 0.820. The summed E-state index contributed by atoms with van der Waals surface area (Å²) in [5, 5.41) is 0. The third-order valence-corrected chi connectivity index (χ3v) is 4.11. The summed E-state index contributed by atoms with van der Waals surface area (Å²) in [4.78, 5) is 0. The second-order valence-corrected chi connectivity index (χ2v) is 5.71. The molecule has 0 radical (unpaired) electrons. The van der Waals surface area contributed by atoms with Crippen LogP contribution in [0.15, 0.2) is 30.3 Å². The van der Waals surface area contributed by atoms with E-state index in [1.54, 1.807) is 0 Å². The first-order valence-corrected chi connectivity index (χ1v) is 7.30. The summed E-state index contributed by atoms with van der Waals surface area (Å²) in [5.41, 5.74) is 11.8. The van der Waals surface area contributed by atoms with E-state index in [9.17, 15) is 0 Å². The van der Waals surface area contributed by atoms with Gasteiger partial charge in [-0.1, -0.05) is 6.07 Å². The van der Waals surface area contributed by atoms with Crippen LogP contribution < -0.4 is 10.5 Å². The molecule has 2 aromatic rings. The Kier molecular flexibility index (Phi) is 3.39. The summed E-state index contributed by atoms with van der Waals surface area (Å²) in [5.74, 6) is 1.82. The zero-order valence-corrected chi connectivity index (χ0v) is 12.2. The first-order valence-electron chi connectivity index (χ1n) is 7.30.